The normalized spacial score (nSPS) is 17.2. The predicted molar refractivity (Wildman–Crippen MR) is 67.5 cm³/mol. The number of hydrogen-bond acceptors (Lipinski definition) is 3. The Balaban J connectivity index is 1.90. The lowest BCUT2D eigenvalue weighted by Gasteiger charge is -2.18. The van der Waals surface area contributed by atoms with Crippen LogP contribution in [0.15, 0.2) is 34.9 Å². The molecule has 3 heteroatoms. The number of hydrogen-bond donors (Lipinski definition) is 0. The lowest BCUT2D eigenvalue weighted by Crippen LogP contribution is -2.21. The first-order valence-corrected chi connectivity index (χ1v) is 6.28. The first-order chi connectivity index (χ1) is 8.75. The van der Waals surface area contributed by atoms with Crippen molar-refractivity contribution in [3.8, 4) is 0 Å². The lowest BCUT2D eigenvalue weighted by molar-refractivity contribution is -0.120. The number of carbonyl (C=O) groups excluding carboxylic acids is 2. The van der Waals surface area contributed by atoms with E-state index in [1.54, 1.807) is 6.26 Å². The molecule has 1 aliphatic rings. The minimum Gasteiger partial charge on any atom is -0.464 e. The Morgan fingerprint density at radius 1 is 1.17 bits per heavy atom. The van der Waals surface area contributed by atoms with Gasteiger partial charge in [-0.15, -0.1) is 0 Å². The standard InChI is InChI=1S/C15H14O3/c16-11-7-5-10(6-8-11)15(17)13-9-18-14-4-2-1-3-12(13)14/h1-4,9-10H,5-8H2. The second-order valence-corrected chi connectivity index (χ2v) is 4.82. The van der Waals surface area contributed by atoms with Crippen molar-refractivity contribution in [3.63, 3.8) is 0 Å². The highest BCUT2D eigenvalue weighted by atomic mass is 16.3. The fourth-order valence-corrected chi connectivity index (χ4v) is 2.59. The minimum absolute atomic E-state index is 0.0243. The average Bonchev–Trinajstić information content (AvgIpc) is 2.82. The molecule has 92 valence electrons. The van der Waals surface area contributed by atoms with Crippen LogP contribution < -0.4 is 0 Å². The molecule has 0 spiro atoms. The van der Waals surface area contributed by atoms with Crippen molar-refractivity contribution in [1.82, 2.24) is 0 Å². The summed E-state index contributed by atoms with van der Waals surface area (Å²) >= 11 is 0. The van der Waals surface area contributed by atoms with Gasteiger partial charge in [-0.2, -0.15) is 0 Å². The van der Waals surface area contributed by atoms with E-state index < -0.39 is 0 Å². The maximum Gasteiger partial charge on any atom is 0.169 e. The number of benzene rings is 1. The van der Waals surface area contributed by atoms with Gasteiger partial charge < -0.3 is 4.42 Å². The molecule has 3 rings (SSSR count). The van der Waals surface area contributed by atoms with E-state index in [9.17, 15) is 9.59 Å². The third-order valence-electron chi connectivity index (χ3n) is 3.66. The molecule has 1 aromatic heterocycles. The summed E-state index contributed by atoms with van der Waals surface area (Å²) in [5, 5.41) is 0.874. The van der Waals surface area contributed by atoms with Crippen LogP contribution in [0, 0.1) is 5.92 Å². The number of furan rings is 1. The highest BCUT2D eigenvalue weighted by molar-refractivity contribution is 6.08. The van der Waals surface area contributed by atoms with E-state index in [0.717, 1.165) is 11.0 Å². The maximum atomic E-state index is 12.4. The zero-order valence-electron chi connectivity index (χ0n) is 10.0. The molecule has 1 fully saturated rings. The minimum atomic E-state index is -0.0243. The van der Waals surface area contributed by atoms with Crippen molar-refractivity contribution in [2.75, 3.05) is 0 Å². The molecule has 0 N–H and O–H groups in total. The zero-order chi connectivity index (χ0) is 12.5. The Hall–Kier alpha value is -1.90. The lowest BCUT2D eigenvalue weighted by atomic mass is 9.83. The summed E-state index contributed by atoms with van der Waals surface area (Å²) in [6, 6.07) is 7.55. The summed E-state index contributed by atoms with van der Waals surface area (Å²) in [5.74, 6) is 0.368. The van der Waals surface area contributed by atoms with Crippen LogP contribution in [0.1, 0.15) is 36.0 Å². The van der Waals surface area contributed by atoms with Gasteiger partial charge >= 0.3 is 0 Å². The predicted octanol–water partition coefficient (Wildman–Crippen LogP) is 3.37. The van der Waals surface area contributed by atoms with Crippen LogP contribution in [0.4, 0.5) is 0 Å². The van der Waals surface area contributed by atoms with E-state index in [-0.39, 0.29) is 17.5 Å². The van der Waals surface area contributed by atoms with Gasteiger partial charge in [-0.1, -0.05) is 18.2 Å². The number of fused-ring (bicyclic) bond motifs is 1. The molecule has 3 nitrogen and oxygen atoms in total. The molecule has 0 unspecified atom stereocenters. The molecule has 2 aromatic rings. The highest BCUT2D eigenvalue weighted by Crippen LogP contribution is 2.29. The van der Waals surface area contributed by atoms with Crippen LogP contribution in [0.5, 0.6) is 0 Å². The third-order valence-corrected chi connectivity index (χ3v) is 3.66. The molecule has 1 aliphatic carbocycles. The van der Waals surface area contributed by atoms with Crippen LogP contribution in [-0.2, 0) is 4.79 Å². The van der Waals surface area contributed by atoms with E-state index >= 15 is 0 Å². The fraction of sp³-hybridized carbons (Fsp3) is 0.333. The van der Waals surface area contributed by atoms with Gasteiger partial charge in [0.05, 0.1) is 5.56 Å². The summed E-state index contributed by atoms with van der Waals surface area (Å²) in [6.07, 6.45) is 3.97. The smallest absolute Gasteiger partial charge is 0.169 e. The van der Waals surface area contributed by atoms with Gasteiger partial charge in [-0.05, 0) is 18.9 Å². The molecule has 0 atom stereocenters. The van der Waals surface area contributed by atoms with Crippen LogP contribution in [0.3, 0.4) is 0 Å². The Kier molecular flexibility index (Phi) is 2.74. The molecule has 0 aliphatic heterocycles. The van der Waals surface area contributed by atoms with Gasteiger partial charge in [0.15, 0.2) is 5.78 Å². The van der Waals surface area contributed by atoms with Gasteiger partial charge in [-0.25, -0.2) is 0 Å². The Bertz CT molecular complexity index is 599. The van der Waals surface area contributed by atoms with Crippen molar-refractivity contribution in [2.45, 2.75) is 25.7 Å². The highest BCUT2D eigenvalue weighted by Gasteiger charge is 2.27. The van der Waals surface area contributed by atoms with Crippen molar-refractivity contribution in [3.05, 3.63) is 36.1 Å². The molecule has 0 amide bonds. The van der Waals surface area contributed by atoms with E-state index in [4.69, 9.17) is 4.42 Å². The summed E-state index contributed by atoms with van der Waals surface area (Å²) in [7, 11) is 0. The monoisotopic (exact) mass is 242 g/mol. The summed E-state index contributed by atoms with van der Waals surface area (Å²) < 4.78 is 5.39. The molecular weight excluding hydrogens is 228 g/mol. The van der Waals surface area contributed by atoms with Crippen LogP contribution in [-0.4, -0.2) is 11.6 Å². The maximum absolute atomic E-state index is 12.4. The number of ketones is 2. The molecular formula is C15H14O3. The second kappa shape index (κ2) is 4.41. The Morgan fingerprint density at radius 3 is 2.67 bits per heavy atom. The van der Waals surface area contributed by atoms with Crippen molar-refractivity contribution >= 4 is 22.5 Å². The number of rotatable bonds is 2. The Morgan fingerprint density at radius 2 is 1.89 bits per heavy atom. The quantitative estimate of drug-likeness (QED) is 0.758. The van der Waals surface area contributed by atoms with Crippen molar-refractivity contribution in [2.24, 2.45) is 5.92 Å². The summed E-state index contributed by atoms with van der Waals surface area (Å²) in [5.41, 5.74) is 1.40. The average molecular weight is 242 g/mol. The van der Waals surface area contributed by atoms with Crippen molar-refractivity contribution < 1.29 is 14.0 Å². The molecule has 18 heavy (non-hydrogen) atoms. The summed E-state index contributed by atoms with van der Waals surface area (Å²) in [6.45, 7) is 0. The fourth-order valence-electron chi connectivity index (χ4n) is 2.59. The van der Waals surface area contributed by atoms with Gasteiger partial charge in [0.25, 0.3) is 0 Å². The van der Waals surface area contributed by atoms with Gasteiger partial charge in [-0.3, -0.25) is 9.59 Å². The topological polar surface area (TPSA) is 47.3 Å². The zero-order valence-corrected chi connectivity index (χ0v) is 10.0. The molecule has 1 saturated carbocycles. The summed E-state index contributed by atoms with van der Waals surface area (Å²) in [4.78, 5) is 23.6. The van der Waals surface area contributed by atoms with E-state index in [0.29, 0.717) is 31.2 Å². The van der Waals surface area contributed by atoms with Crippen LogP contribution in [0.25, 0.3) is 11.0 Å². The molecule has 1 heterocycles. The molecule has 0 radical (unpaired) electrons. The van der Waals surface area contributed by atoms with Crippen molar-refractivity contribution in [1.29, 1.82) is 0 Å². The molecule has 1 aromatic carbocycles. The third kappa shape index (κ3) is 1.86. The largest absolute Gasteiger partial charge is 0.464 e. The first kappa shape index (κ1) is 11.2. The van der Waals surface area contributed by atoms with Gasteiger partial charge in [0.1, 0.15) is 17.6 Å². The first-order valence-electron chi connectivity index (χ1n) is 6.28. The van der Waals surface area contributed by atoms with Crippen LogP contribution in [0.2, 0.25) is 0 Å². The molecule has 0 bridgehead atoms. The number of para-hydroxylation sites is 1. The van der Waals surface area contributed by atoms with Gasteiger partial charge in [0, 0.05) is 24.1 Å². The SMILES string of the molecule is O=C1CCC(C(=O)c2coc3ccccc23)CC1. The molecule has 0 saturated heterocycles. The second-order valence-electron chi connectivity index (χ2n) is 4.82. The number of Topliss-reactive ketones (excluding diaryl/α,β-unsaturated/α-hetero) is 2. The van der Waals surface area contributed by atoms with E-state index in [1.165, 1.54) is 0 Å². The van der Waals surface area contributed by atoms with Crippen LogP contribution >= 0.6 is 0 Å². The Labute approximate surface area is 105 Å². The van der Waals surface area contributed by atoms with E-state index in [1.807, 2.05) is 24.3 Å². The number of carbonyl (C=O) groups is 2. The van der Waals surface area contributed by atoms with Gasteiger partial charge in [0.2, 0.25) is 0 Å². The van der Waals surface area contributed by atoms with E-state index in [2.05, 4.69) is 0 Å².